The molecule has 6 N–H and O–H groups in total. The fourth-order valence-electron chi connectivity index (χ4n) is 0.806. The summed E-state index contributed by atoms with van der Waals surface area (Å²) in [5.41, 5.74) is 0. The predicted octanol–water partition coefficient (Wildman–Crippen LogP) is -1.20. The van der Waals surface area contributed by atoms with Crippen LogP contribution >= 0.6 is 15.8 Å². The molecule has 0 bridgehead atoms. The zero-order chi connectivity index (χ0) is 11.5. The second-order valence-electron chi connectivity index (χ2n) is 2.90. The Balaban J connectivity index is 3.30. The average molecular weight is 258 g/mol. The standard InChI is InChI=1S/C7H20N2O4P2/c10-4-14(5-11)2-8-1-9-3-15(6-12)7-13/h8-13H,1-7H2. The third-order valence-corrected chi connectivity index (χ3v) is 4.66. The molecule has 0 amide bonds. The maximum Gasteiger partial charge on any atom is 0.0658 e. The first-order valence-corrected chi connectivity index (χ1v) is 8.37. The van der Waals surface area contributed by atoms with Gasteiger partial charge in [-0.1, -0.05) is 0 Å². The Morgan fingerprint density at radius 2 is 1.00 bits per heavy atom. The highest BCUT2D eigenvalue weighted by Crippen LogP contribution is 2.30. The van der Waals surface area contributed by atoms with Crippen LogP contribution in [0, 0.1) is 0 Å². The minimum Gasteiger partial charge on any atom is -0.392 e. The molecule has 8 heteroatoms. The lowest BCUT2D eigenvalue weighted by Crippen LogP contribution is -2.30. The summed E-state index contributed by atoms with van der Waals surface area (Å²) in [7, 11) is -1.46. The molecule has 92 valence electrons. The number of nitrogens with one attached hydrogen (secondary N) is 2. The van der Waals surface area contributed by atoms with Crippen molar-refractivity contribution in [2.75, 3.05) is 44.6 Å². The summed E-state index contributed by atoms with van der Waals surface area (Å²) in [5.74, 6) is 0. The van der Waals surface area contributed by atoms with Crippen molar-refractivity contribution in [3.05, 3.63) is 0 Å². The molecule has 15 heavy (non-hydrogen) atoms. The van der Waals surface area contributed by atoms with Crippen molar-refractivity contribution in [1.82, 2.24) is 10.6 Å². The van der Waals surface area contributed by atoms with Crippen molar-refractivity contribution in [2.45, 2.75) is 0 Å². The van der Waals surface area contributed by atoms with Gasteiger partial charge < -0.3 is 31.1 Å². The Morgan fingerprint density at radius 3 is 1.27 bits per heavy atom. The monoisotopic (exact) mass is 258 g/mol. The Labute approximate surface area is 92.2 Å². The van der Waals surface area contributed by atoms with Gasteiger partial charge >= 0.3 is 0 Å². The van der Waals surface area contributed by atoms with E-state index < -0.39 is 15.8 Å². The van der Waals surface area contributed by atoms with Gasteiger partial charge in [-0.2, -0.15) is 0 Å². The first-order chi connectivity index (χ1) is 7.28. The molecule has 0 spiro atoms. The molecule has 0 aliphatic carbocycles. The van der Waals surface area contributed by atoms with Gasteiger partial charge in [-0.05, 0) is 15.8 Å². The topological polar surface area (TPSA) is 105 Å². The number of aliphatic hydroxyl groups is 4. The molecule has 0 heterocycles. The van der Waals surface area contributed by atoms with Crippen molar-refractivity contribution < 1.29 is 20.4 Å². The average Bonchev–Trinajstić information content (AvgIpc) is 2.29. The molecule has 0 radical (unpaired) electrons. The van der Waals surface area contributed by atoms with Gasteiger partial charge in [-0.3, -0.25) is 0 Å². The molecule has 0 fully saturated rings. The third-order valence-electron chi connectivity index (χ3n) is 1.72. The second kappa shape index (κ2) is 11.1. The molecule has 0 aromatic rings. The van der Waals surface area contributed by atoms with Crippen LogP contribution < -0.4 is 10.6 Å². The van der Waals surface area contributed by atoms with Crippen LogP contribution in [0.4, 0.5) is 0 Å². The van der Waals surface area contributed by atoms with Gasteiger partial charge in [0.2, 0.25) is 0 Å². The molecular weight excluding hydrogens is 238 g/mol. The Bertz CT molecular complexity index is 122. The van der Waals surface area contributed by atoms with E-state index in [4.69, 9.17) is 20.4 Å². The summed E-state index contributed by atoms with van der Waals surface area (Å²) in [6.45, 7) is 0.553. The first kappa shape index (κ1) is 15.6. The van der Waals surface area contributed by atoms with Crippen LogP contribution in [-0.4, -0.2) is 65.1 Å². The molecule has 0 atom stereocenters. The summed E-state index contributed by atoms with van der Waals surface area (Å²) in [5, 5.41) is 41.2. The van der Waals surface area contributed by atoms with Crippen molar-refractivity contribution in [3.63, 3.8) is 0 Å². The van der Waals surface area contributed by atoms with E-state index in [1.54, 1.807) is 0 Å². The van der Waals surface area contributed by atoms with Gasteiger partial charge in [-0.15, -0.1) is 0 Å². The van der Waals surface area contributed by atoms with Gasteiger partial charge in [0.1, 0.15) is 0 Å². The summed E-state index contributed by atoms with van der Waals surface area (Å²) < 4.78 is 0. The van der Waals surface area contributed by atoms with Crippen molar-refractivity contribution >= 4 is 15.8 Å². The summed E-state index contributed by atoms with van der Waals surface area (Å²) in [4.78, 5) is 0. The van der Waals surface area contributed by atoms with E-state index in [-0.39, 0.29) is 25.4 Å². The van der Waals surface area contributed by atoms with Crippen LogP contribution in [0.2, 0.25) is 0 Å². The first-order valence-electron chi connectivity index (χ1n) is 4.58. The van der Waals surface area contributed by atoms with Gasteiger partial charge in [0, 0.05) is 19.2 Å². The highest BCUT2D eigenvalue weighted by atomic mass is 31.1. The molecule has 0 saturated carbocycles. The van der Waals surface area contributed by atoms with Crippen LogP contribution in [0.3, 0.4) is 0 Å². The molecule has 0 aromatic heterocycles. The Morgan fingerprint density at radius 1 is 0.667 bits per heavy atom. The number of hydrogen-bond acceptors (Lipinski definition) is 6. The molecular formula is C7H20N2O4P2. The molecule has 0 saturated heterocycles. The smallest absolute Gasteiger partial charge is 0.0658 e. The normalized spacial score (nSPS) is 11.6. The van der Waals surface area contributed by atoms with Crippen LogP contribution in [0.1, 0.15) is 0 Å². The summed E-state index contributed by atoms with van der Waals surface area (Å²) in [6.07, 6.45) is 1.31. The SMILES string of the molecule is OCP(CO)CNCNCP(CO)CO. The molecule has 6 nitrogen and oxygen atoms in total. The quantitative estimate of drug-likeness (QED) is 0.167. The lowest BCUT2D eigenvalue weighted by Gasteiger charge is -2.15. The summed E-state index contributed by atoms with van der Waals surface area (Å²) >= 11 is 0. The predicted molar refractivity (Wildman–Crippen MR) is 63.1 cm³/mol. The van der Waals surface area contributed by atoms with E-state index in [1.807, 2.05) is 0 Å². The number of rotatable bonds is 10. The van der Waals surface area contributed by atoms with Crippen LogP contribution in [0.5, 0.6) is 0 Å². The van der Waals surface area contributed by atoms with Crippen molar-refractivity contribution in [3.8, 4) is 0 Å². The van der Waals surface area contributed by atoms with Crippen molar-refractivity contribution in [2.24, 2.45) is 0 Å². The number of aliphatic hydroxyl groups excluding tert-OH is 4. The fraction of sp³-hybridized carbons (Fsp3) is 1.00. The van der Waals surface area contributed by atoms with E-state index in [0.717, 1.165) is 0 Å². The highest BCUT2D eigenvalue weighted by molar-refractivity contribution is 7.57. The Hall–Kier alpha value is 0.620. The maximum atomic E-state index is 8.79. The highest BCUT2D eigenvalue weighted by Gasteiger charge is 2.05. The Kier molecular flexibility index (Phi) is 11.6. The van der Waals surface area contributed by atoms with Crippen molar-refractivity contribution in [1.29, 1.82) is 0 Å². The molecule has 0 aliphatic heterocycles. The lowest BCUT2D eigenvalue weighted by atomic mass is 11.0. The molecule has 0 rings (SSSR count). The molecule has 0 unspecified atom stereocenters. The van der Waals surface area contributed by atoms with E-state index in [9.17, 15) is 0 Å². The van der Waals surface area contributed by atoms with Gasteiger partial charge in [0.25, 0.3) is 0 Å². The maximum absolute atomic E-state index is 8.79. The summed E-state index contributed by atoms with van der Waals surface area (Å²) in [6, 6.07) is 0. The van der Waals surface area contributed by atoms with Crippen LogP contribution in [-0.2, 0) is 0 Å². The molecule has 0 aliphatic rings. The van der Waals surface area contributed by atoms with E-state index in [1.165, 1.54) is 0 Å². The zero-order valence-corrected chi connectivity index (χ0v) is 10.4. The van der Waals surface area contributed by atoms with E-state index in [2.05, 4.69) is 10.6 Å². The number of hydrogen-bond donors (Lipinski definition) is 6. The molecule has 0 aromatic carbocycles. The minimum atomic E-state index is -0.729. The van der Waals surface area contributed by atoms with Crippen LogP contribution in [0.25, 0.3) is 0 Å². The van der Waals surface area contributed by atoms with Crippen LogP contribution in [0.15, 0.2) is 0 Å². The van der Waals surface area contributed by atoms with Gasteiger partial charge in [0.05, 0.1) is 25.4 Å². The minimum absolute atomic E-state index is 0.0266. The largest absolute Gasteiger partial charge is 0.392 e. The fourth-order valence-corrected chi connectivity index (χ4v) is 2.24. The van der Waals surface area contributed by atoms with Gasteiger partial charge in [0.15, 0.2) is 0 Å². The van der Waals surface area contributed by atoms with E-state index in [0.29, 0.717) is 19.2 Å². The lowest BCUT2D eigenvalue weighted by molar-refractivity contribution is 0.342. The third kappa shape index (κ3) is 8.43. The van der Waals surface area contributed by atoms with Gasteiger partial charge in [-0.25, -0.2) is 0 Å². The zero-order valence-electron chi connectivity index (χ0n) is 8.63. The second-order valence-corrected chi connectivity index (χ2v) is 7.35. The van der Waals surface area contributed by atoms with E-state index >= 15 is 0 Å².